The standard InChI is InChI=1S/C17H19NO2/c1-12-4-5-13(2)16(10-12)11-20-17-8-6-15(7-9-17)14(3)18-19/h4-10,19H,11H2,1-3H3/b18-14+. The lowest BCUT2D eigenvalue weighted by Gasteiger charge is -2.10. The van der Waals surface area contributed by atoms with Crippen LogP contribution in [0, 0.1) is 13.8 Å². The molecule has 0 amide bonds. The summed E-state index contributed by atoms with van der Waals surface area (Å²) in [6.07, 6.45) is 0. The van der Waals surface area contributed by atoms with Crippen molar-refractivity contribution in [2.24, 2.45) is 5.16 Å². The van der Waals surface area contributed by atoms with Gasteiger partial charge in [0.1, 0.15) is 12.4 Å². The van der Waals surface area contributed by atoms with Gasteiger partial charge in [0, 0.05) is 0 Å². The van der Waals surface area contributed by atoms with Gasteiger partial charge in [-0.05, 0) is 61.7 Å². The Balaban J connectivity index is 2.06. The van der Waals surface area contributed by atoms with E-state index in [1.165, 1.54) is 16.7 Å². The van der Waals surface area contributed by atoms with Gasteiger partial charge in [-0.1, -0.05) is 28.9 Å². The third-order valence-electron chi connectivity index (χ3n) is 3.32. The van der Waals surface area contributed by atoms with Gasteiger partial charge in [-0.15, -0.1) is 0 Å². The van der Waals surface area contributed by atoms with E-state index in [-0.39, 0.29) is 0 Å². The highest BCUT2D eigenvalue weighted by Gasteiger charge is 2.02. The second-order valence-electron chi connectivity index (χ2n) is 4.93. The highest BCUT2D eigenvalue weighted by atomic mass is 16.5. The molecular formula is C17H19NO2. The predicted molar refractivity (Wildman–Crippen MR) is 80.7 cm³/mol. The first-order chi connectivity index (χ1) is 9.60. The van der Waals surface area contributed by atoms with Gasteiger partial charge in [0.15, 0.2) is 0 Å². The maximum atomic E-state index is 8.72. The summed E-state index contributed by atoms with van der Waals surface area (Å²) in [6, 6.07) is 13.9. The fraction of sp³-hybridized carbons (Fsp3) is 0.235. The van der Waals surface area contributed by atoms with E-state index in [1.807, 2.05) is 24.3 Å². The number of hydrogen-bond donors (Lipinski definition) is 1. The quantitative estimate of drug-likeness (QED) is 0.516. The van der Waals surface area contributed by atoms with Crippen molar-refractivity contribution in [3.05, 3.63) is 64.7 Å². The molecule has 0 aromatic heterocycles. The topological polar surface area (TPSA) is 41.8 Å². The summed E-state index contributed by atoms with van der Waals surface area (Å²) in [6.45, 7) is 6.48. The highest BCUT2D eigenvalue weighted by molar-refractivity contribution is 5.98. The SMILES string of the molecule is C/C(=N\O)c1ccc(OCc2cc(C)ccc2C)cc1. The largest absolute Gasteiger partial charge is 0.489 e. The summed E-state index contributed by atoms with van der Waals surface area (Å²) >= 11 is 0. The number of hydrogen-bond acceptors (Lipinski definition) is 3. The molecule has 0 aliphatic heterocycles. The Morgan fingerprint density at radius 3 is 2.45 bits per heavy atom. The van der Waals surface area contributed by atoms with Crippen LogP contribution in [-0.2, 0) is 6.61 Å². The Hall–Kier alpha value is -2.29. The molecule has 1 N–H and O–H groups in total. The lowest BCUT2D eigenvalue weighted by Crippen LogP contribution is -1.99. The fourth-order valence-corrected chi connectivity index (χ4v) is 1.97. The number of nitrogens with zero attached hydrogens (tertiary/aromatic N) is 1. The smallest absolute Gasteiger partial charge is 0.119 e. The second kappa shape index (κ2) is 6.24. The molecule has 0 aliphatic carbocycles. The number of aryl methyl sites for hydroxylation is 2. The molecule has 2 aromatic carbocycles. The van der Waals surface area contributed by atoms with E-state index in [9.17, 15) is 0 Å². The Morgan fingerprint density at radius 1 is 1.10 bits per heavy atom. The Bertz CT molecular complexity index is 615. The zero-order chi connectivity index (χ0) is 14.5. The molecule has 2 rings (SSSR count). The lowest BCUT2D eigenvalue weighted by molar-refractivity contribution is 0.305. The van der Waals surface area contributed by atoms with Crippen molar-refractivity contribution in [2.45, 2.75) is 27.4 Å². The van der Waals surface area contributed by atoms with Crippen LogP contribution in [0.15, 0.2) is 47.6 Å². The molecule has 0 unspecified atom stereocenters. The minimum Gasteiger partial charge on any atom is -0.489 e. The van der Waals surface area contributed by atoms with Crippen LogP contribution in [-0.4, -0.2) is 10.9 Å². The summed E-state index contributed by atoms with van der Waals surface area (Å²) < 4.78 is 5.79. The number of rotatable bonds is 4. The monoisotopic (exact) mass is 269 g/mol. The Kier molecular flexibility index (Phi) is 4.41. The van der Waals surface area contributed by atoms with Crippen LogP contribution in [0.5, 0.6) is 5.75 Å². The Labute approximate surface area is 119 Å². The van der Waals surface area contributed by atoms with Gasteiger partial charge in [-0.25, -0.2) is 0 Å². The van der Waals surface area contributed by atoms with Crippen molar-refractivity contribution < 1.29 is 9.94 Å². The average Bonchev–Trinajstić information content (AvgIpc) is 2.48. The van der Waals surface area contributed by atoms with Crippen LogP contribution in [0.1, 0.15) is 29.2 Å². The van der Waals surface area contributed by atoms with Gasteiger partial charge < -0.3 is 9.94 Å². The predicted octanol–water partition coefficient (Wildman–Crippen LogP) is 4.08. The first-order valence-electron chi connectivity index (χ1n) is 6.58. The van der Waals surface area contributed by atoms with Gasteiger partial charge in [-0.2, -0.15) is 0 Å². The van der Waals surface area contributed by atoms with Crippen molar-refractivity contribution in [3.8, 4) is 5.75 Å². The van der Waals surface area contributed by atoms with E-state index in [2.05, 4.69) is 37.2 Å². The van der Waals surface area contributed by atoms with E-state index in [0.717, 1.165) is 11.3 Å². The van der Waals surface area contributed by atoms with Crippen molar-refractivity contribution in [2.75, 3.05) is 0 Å². The molecular weight excluding hydrogens is 250 g/mol. The zero-order valence-electron chi connectivity index (χ0n) is 12.1. The summed E-state index contributed by atoms with van der Waals surface area (Å²) in [4.78, 5) is 0. The Morgan fingerprint density at radius 2 is 1.80 bits per heavy atom. The molecule has 0 aliphatic rings. The van der Waals surface area contributed by atoms with Crippen LogP contribution in [0.25, 0.3) is 0 Å². The molecule has 0 heterocycles. The van der Waals surface area contributed by atoms with Gasteiger partial charge in [0.2, 0.25) is 0 Å². The fourth-order valence-electron chi connectivity index (χ4n) is 1.97. The molecule has 0 fully saturated rings. The lowest BCUT2D eigenvalue weighted by atomic mass is 10.1. The van der Waals surface area contributed by atoms with Crippen molar-refractivity contribution in [1.82, 2.24) is 0 Å². The van der Waals surface area contributed by atoms with Gasteiger partial charge >= 0.3 is 0 Å². The number of oxime groups is 1. The van der Waals surface area contributed by atoms with Crippen LogP contribution in [0.2, 0.25) is 0 Å². The molecule has 0 saturated heterocycles. The van der Waals surface area contributed by atoms with E-state index >= 15 is 0 Å². The molecule has 0 bridgehead atoms. The second-order valence-corrected chi connectivity index (χ2v) is 4.93. The van der Waals surface area contributed by atoms with Crippen LogP contribution >= 0.6 is 0 Å². The minimum absolute atomic E-state index is 0.555. The van der Waals surface area contributed by atoms with Crippen molar-refractivity contribution in [3.63, 3.8) is 0 Å². The molecule has 3 heteroatoms. The highest BCUT2D eigenvalue weighted by Crippen LogP contribution is 2.17. The zero-order valence-corrected chi connectivity index (χ0v) is 12.1. The van der Waals surface area contributed by atoms with Crippen LogP contribution < -0.4 is 4.74 Å². The molecule has 3 nitrogen and oxygen atoms in total. The van der Waals surface area contributed by atoms with Gasteiger partial charge in [0.25, 0.3) is 0 Å². The maximum Gasteiger partial charge on any atom is 0.119 e. The molecule has 0 radical (unpaired) electrons. The molecule has 0 saturated carbocycles. The van der Waals surface area contributed by atoms with E-state index < -0.39 is 0 Å². The van der Waals surface area contributed by atoms with E-state index in [1.54, 1.807) is 6.92 Å². The first kappa shape index (κ1) is 14.1. The average molecular weight is 269 g/mol. The van der Waals surface area contributed by atoms with Crippen molar-refractivity contribution in [1.29, 1.82) is 0 Å². The first-order valence-corrected chi connectivity index (χ1v) is 6.58. The maximum absolute atomic E-state index is 8.72. The minimum atomic E-state index is 0.555. The molecule has 2 aromatic rings. The van der Waals surface area contributed by atoms with Crippen LogP contribution in [0.3, 0.4) is 0 Å². The van der Waals surface area contributed by atoms with Crippen LogP contribution in [0.4, 0.5) is 0 Å². The van der Waals surface area contributed by atoms with E-state index in [4.69, 9.17) is 9.94 Å². The van der Waals surface area contributed by atoms with Gasteiger partial charge in [0.05, 0.1) is 5.71 Å². The molecule has 20 heavy (non-hydrogen) atoms. The summed E-state index contributed by atoms with van der Waals surface area (Å²) in [7, 11) is 0. The molecule has 0 spiro atoms. The number of benzene rings is 2. The summed E-state index contributed by atoms with van der Waals surface area (Å²) in [5.74, 6) is 0.806. The van der Waals surface area contributed by atoms with Crippen molar-refractivity contribution >= 4 is 5.71 Å². The normalized spacial score (nSPS) is 11.4. The molecule has 104 valence electrons. The van der Waals surface area contributed by atoms with Gasteiger partial charge in [-0.3, -0.25) is 0 Å². The third-order valence-corrected chi connectivity index (χ3v) is 3.32. The third kappa shape index (κ3) is 3.38. The number of ether oxygens (including phenoxy) is 1. The summed E-state index contributed by atoms with van der Waals surface area (Å²) in [5.41, 5.74) is 5.13. The molecule has 0 atom stereocenters. The van der Waals surface area contributed by atoms with E-state index in [0.29, 0.717) is 12.3 Å². The summed E-state index contributed by atoms with van der Waals surface area (Å²) in [5, 5.41) is 11.9.